The summed E-state index contributed by atoms with van der Waals surface area (Å²) in [6.45, 7) is 0. The summed E-state index contributed by atoms with van der Waals surface area (Å²) in [6.07, 6.45) is 25.5. The van der Waals surface area contributed by atoms with E-state index in [1.54, 1.807) is 0 Å². The van der Waals surface area contributed by atoms with Crippen LogP contribution in [0.25, 0.3) is 39.0 Å². The summed E-state index contributed by atoms with van der Waals surface area (Å²) < 4.78 is 0. The van der Waals surface area contributed by atoms with Gasteiger partial charge in [0.05, 0.1) is 0 Å². The predicted octanol–water partition coefficient (Wildman–Crippen LogP) is 17.4. The zero-order chi connectivity index (χ0) is 41.5. The van der Waals surface area contributed by atoms with Gasteiger partial charge in [-0.15, -0.1) is 0 Å². The molecule has 62 heavy (non-hydrogen) atoms. The van der Waals surface area contributed by atoms with Gasteiger partial charge in [-0.05, 0) is 180 Å². The summed E-state index contributed by atoms with van der Waals surface area (Å²) in [7, 11) is 0. The quantitative estimate of drug-likeness (QED) is 0.129. The summed E-state index contributed by atoms with van der Waals surface area (Å²) in [5.41, 5.74) is 19.5. The van der Waals surface area contributed by atoms with Crippen molar-refractivity contribution in [1.29, 1.82) is 0 Å². The predicted molar refractivity (Wildman–Crippen MR) is 266 cm³/mol. The number of rotatable bonds is 11. The van der Waals surface area contributed by atoms with Crippen molar-refractivity contribution in [2.24, 2.45) is 0 Å². The molecule has 0 radical (unpaired) electrons. The maximum atomic E-state index is 2.43. The summed E-state index contributed by atoms with van der Waals surface area (Å²) in [4.78, 5) is 4.74. The number of hydrogen-bond donors (Lipinski definition) is 0. The summed E-state index contributed by atoms with van der Waals surface area (Å²) >= 11 is 0. The molecule has 0 spiro atoms. The Balaban J connectivity index is 0.949. The van der Waals surface area contributed by atoms with Crippen molar-refractivity contribution in [2.45, 2.75) is 51.4 Å². The highest BCUT2D eigenvalue weighted by atomic mass is 15.1. The first-order valence-corrected chi connectivity index (χ1v) is 22.4. The molecule has 0 N–H and O–H groups in total. The van der Waals surface area contributed by atoms with E-state index in [0.717, 1.165) is 59.8 Å². The van der Waals surface area contributed by atoms with Crippen molar-refractivity contribution in [1.82, 2.24) is 0 Å². The van der Waals surface area contributed by atoms with Crippen LogP contribution in [0.2, 0.25) is 0 Å². The van der Waals surface area contributed by atoms with Crippen LogP contribution in [-0.2, 0) is 0 Å². The molecular formula is C60H52N2. The van der Waals surface area contributed by atoms with Crippen molar-refractivity contribution in [3.8, 4) is 22.3 Å². The Hall–Kier alpha value is -7.16. The third kappa shape index (κ3) is 8.55. The van der Waals surface area contributed by atoms with Gasteiger partial charge in [0.2, 0.25) is 0 Å². The van der Waals surface area contributed by atoms with Crippen LogP contribution in [0.4, 0.5) is 34.1 Å². The molecule has 0 aromatic heterocycles. The Kier molecular flexibility index (Phi) is 11.5. The van der Waals surface area contributed by atoms with Gasteiger partial charge in [-0.2, -0.15) is 0 Å². The molecule has 3 aliphatic carbocycles. The van der Waals surface area contributed by atoms with Crippen molar-refractivity contribution < 1.29 is 0 Å². The molecule has 3 aliphatic rings. The molecule has 0 aliphatic heterocycles. The minimum Gasteiger partial charge on any atom is -0.311 e. The van der Waals surface area contributed by atoms with Crippen LogP contribution in [0.1, 0.15) is 68.1 Å². The van der Waals surface area contributed by atoms with Gasteiger partial charge in [-0.25, -0.2) is 0 Å². The number of anilines is 6. The van der Waals surface area contributed by atoms with Gasteiger partial charge in [-0.3, -0.25) is 0 Å². The van der Waals surface area contributed by atoms with Crippen LogP contribution < -0.4 is 9.80 Å². The molecule has 10 rings (SSSR count). The lowest BCUT2D eigenvalue weighted by Crippen LogP contribution is -2.10. The average Bonchev–Trinajstić information content (AvgIpc) is 3.36. The molecule has 7 aromatic rings. The molecule has 2 heteroatoms. The summed E-state index contributed by atoms with van der Waals surface area (Å²) in [6, 6.07) is 64.9. The summed E-state index contributed by atoms with van der Waals surface area (Å²) in [5.74, 6) is 0. The molecule has 2 nitrogen and oxygen atoms in total. The van der Waals surface area contributed by atoms with Crippen LogP contribution in [0.3, 0.4) is 0 Å². The van der Waals surface area contributed by atoms with Crippen LogP contribution in [0.15, 0.2) is 218 Å². The Morgan fingerprint density at radius 3 is 0.968 bits per heavy atom. The lowest BCUT2D eigenvalue weighted by molar-refractivity contribution is 0.742. The normalized spacial score (nSPS) is 14.7. The van der Waals surface area contributed by atoms with Gasteiger partial charge in [0.1, 0.15) is 0 Å². The fourth-order valence-electron chi connectivity index (χ4n) is 9.12. The van der Waals surface area contributed by atoms with Crippen LogP contribution in [0, 0.1) is 0 Å². The Bertz CT molecular complexity index is 2770. The van der Waals surface area contributed by atoms with Crippen molar-refractivity contribution >= 4 is 50.8 Å². The van der Waals surface area contributed by atoms with Gasteiger partial charge < -0.3 is 9.80 Å². The zero-order valence-electron chi connectivity index (χ0n) is 35.3. The first kappa shape index (κ1) is 39.0. The molecule has 0 unspecified atom stereocenters. The van der Waals surface area contributed by atoms with Crippen molar-refractivity contribution in [3.63, 3.8) is 0 Å². The van der Waals surface area contributed by atoms with Gasteiger partial charge >= 0.3 is 0 Å². The standard InChI is InChI=1S/C60H52N2/c1-5-13-45(14-6-1)49-21-33-55(34-22-49)61(56-35-23-50(24-36-56)46-15-7-2-8-16-46)59-41-29-53(30-42-59)54-31-43-60(44-32-54)62(57-37-25-51(26-38-57)47-17-9-3-10-18-47)58-39-27-52(28-40-58)48-19-11-4-12-20-48/h1,5-7,9,13-19,21-44H,2-4,8,10-12,20H2. The molecule has 0 heterocycles. The van der Waals surface area contributed by atoms with Crippen LogP contribution in [0.5, 0.6) is 0 Å². The van der Waals surface area contributed by atoms with E-state index in [1.165, 1.54) is 81.3 Å². The number of hydrogen-bond acceptors (Lipinski definition) is 2. The first-order chi connectivity index (χ1) is 30.7. The third-order valence-electron chi connectivity index (χ3n) is 12.5. The maximum Gasteiger partial charge on any atom is 0.0462 e. The van der Waals surface area contributed by atoms with Crippen molar-refractivity contribution in [2.75, 3.05) is 9.80 Å². The van der Waals surface area contributed by atoms with E-state index >= 15 is 0 Å². The van der Waals surface area contributed by atoms with Gasteiger partial charge in [-0.1, -0.05) is 146 Å². The monoisotopic (exact) mass is 800 g/mol. The lowest BCUT2D eigenvalue weighted by atomic mass is 9.93. The van der Waals surface area contributed by atoms with E-state index in [4.69, 9.17) is 0 Å². The number of benzene rings is 7. The fourth-order valence-corrected chi connectivity index (χ4v) is 9.12. The maximum absolute atomic E-state index is 2.43. The van der Waals surface area contributed by atoms with Gasteiger partial charge in [0.15, 0.2) is 0 Å². The zero-order valence-corrected chi connectivity index (χ0v) is 35.3. The van der Waals surface area contributed by atoms with E-state index in [-0.39, 0.29) is 0 Å². The second kappa shape index (κ2) is 18.2. The molecular weight excluding hydrogens is 749 g/mol. The van der Waals surface area contributed by atoms with E-state index in [9.17, 15) is 0 Å². The van der Waals surface area contributed by atoms with E-state index in [1.807, 2.05) is 0 Å². The molecule has 302 valence electrons. The summed E-state index contributed by atoms with van der Waals surface area (Å²) in [5, 5.41) is 0. The molecule has 0 amide bonds. The van der Waals surface area contributed by atoms with E-state index in [2.05, 4.69) is 228 Å². The van der Waals surface area contributed by atoms with E-state index in [0.29, 0.717) is 0 Å². The topological polar surface area (TPSA) is 6.48 Å². The van der Waals surface area contributed by atoms with Crippen LogP contribution >= 0.6 is 0 Å². The molecule has 0 saturated carbocycles. The first-order valence-electron chi connectivity index (χ1n) is 22.4. The number of nitrogens with zero attached hydrogens (tertiary/aromatic N) is 2. The van der Waals surface area contributed by atoms with Crippen molar-refractivity contribution in [3.05, 3.63) is 235 Å². The third-order valence-corrected chi connectivity index (χ3v) is 12.5. The second-order valence-corrected chi connectivity index (χ2v) is 16.6. The molecule has 0 fully saturated rings. The highest BCUT2D eigenvalue weighted by molar-refractivity contribution is 5.84. The molecule has 0 bridgehead atoms. The van der Waals surface area contributed by atoms with E-state index < -0.39 is 0 Å². The minimum absolute atomic E-state index is 1.10. The van der Waals surface area contributed by atoms with Crippen LogP contribution in [-0.4, -0.2) is 0 Å². The highest BCUT2D eigenvalue weighted by Crippen LogP contribution is 2.40. The smallest absolute Gasteiger partial charge is 0.0462 e. The number of allylic oxidation sites excluding steroid dienone is 10. The fraction of sp³-hybridized carbons (Fsp3) is 0.133. The lowest BCUT2D eigenvalue weighted by Gasteiger charge is -2.27. The van der Waals surface area contributed by atoms with Gasteiger partial charge in [0, 0.05) is 34.1 Å². The highest BCUT2D eigenvalue weighted by Gasteiger charge is 2.17. The Morgan fingerprint density at radius 2 is 0.629 bits per heavy atom. The SMILES string of the molecule is C1=CC(c2ccc(N(c3ccc(C4=CCCCC4)cc3)c3ccc(-c4ccc(N(c5ccc(C6=CCCC=C6)cc5)c5ccc(-c6ccccc6)cc5)cc4)cc3)cc2)=CCC1. The largest absolute Gasteiger partial charge is 0.311 e. The molecule has 0 saturated heterocycles. The molecule has 0 atom stereocenters. The van der Waals surface area contributed by atoms with Gasteiger partial charge in [0.25, 0.3) is 0 Å². The Labute approximate surface area is 367 Å². The molecule has 7 aromatic carbocycles. The minimum atomic E-state index is 1.10. The average molecular weight is 801 g/mol. The second-order valence-electron chi connectivity index (χ2n) is 16.6. The Morgan fingerprint density at radius 1 is 0.274 bits per heavy atom.